The number of piperazine rings is 1. The predicted molar refractivity (Wildman–Crippen MR) is 99.7 cm³/mol. The van der Waals surface area contributed by atoms with Crippen molar-refractivity contribution in [3.63, 3.8) is 0 Å². The van der Waals surface area contributed by atoms with Crippen molar-refractivity contribution in [2.45, 2.75) is 13.5 Å². The largest absolute Gasteiger partial charge is 0.478 e. The predicted octanol–water partition coefficient (Wildman–Crippen LogP) is 2.33. The van der Waals surface area contributed by atoms with Gasteiger partial charge in [0.15, 0.2) is 0 Å². The van der Waals surface area contributed by atoms with Gasteiger partial charge in [-0.3, -0.25) is 4.90 Å². The SMILES string of the molecule is CCOC(=O)N1CCN(Cc2ccc(Cl)cc2)CC1.O=C(O)/C=C\C(=O)O. The first-order valence-corrected chi connectivity index (χ1v) is 8.72. The van der Waals surface area contributed by atoms with Crippen molar-refractivity contribution in [3.05, 3.63) is 47.0 Å². The summed E-state index contributed by atoms with van der Waals surface area (Å²) < 4.78 is 5.00. The van der Waals surface area contributed by atoms with Gasteiger partial charge in [0, 0.05) is 49.9 Å². The third kappa shape index (κ3) is 9.62. The van der Waals surface area contributed by atoms with Gasteiger partial charge in [-0.15, -0.1) is 0 Å². The molecule has 0 aliphatic carbocycles. The monoisotopic (exact) mass is 398 g/mol. The van der Waals surface area contributed by atoms with Crippen molar-refractivity contribution in [1.82, 2.24) is 9.80 Å². The van der Waals surface area contributed by atoms with Crippen LogP contribution in [0.25, 0.3) is 0 Å². The second-order valence-corrected chi connectivity index (χ2v) is 6.03. The summed E-state index contributed by atoms with van der Waals surface area (Å²) in [7, 11) is 0. The highest BCUT2D eigenvalue weighted by atomic mass is 35.5. The van der Waals surface area contributed by atoms with Gasteiger partial charge >= 0.3 is 18.0 Å². The Balaban J connectivity index is 0.000000387. The molecule has 27 heavy (non-hydrogen) atoms. The summed E-state index contributed by atoms with van der Waals surface area (Å²) in [6, 6.07) is 7.90. The summed E-state index contributed by atoms with van der Waals surface area (Å²) in [6.07, 6.45) is 0.915. The van der Waals surface area contributed by atoms with Gasteiger partial charge in [-0.2, -0.15) is 0 Å². The van der Waals surface area contributed by atoms with E-state index in [4.69, 9.17) is 26.6 Å². The highest BCUT2D eigenvalue weighted by Crippen LogP contribution is 2.13. The first-order valence-electron chi connectivity index (χ1n) is 8.34. The standard InChI is InChI=1S/C14H19ClN2O2.C4H4O4/c1-2-19-14(18)17-9-7-16(8-10-17)11-12-3-5-13(15)6-4-12;5-3(6)1-2-4(7)8/h3-6H,2,7-11H2,1H3;1-2H,(H,5,6)(H,7,8)/b;2-1-. The molecule has 0 aromatic heterocycles. The lowest BCUT2D eigenvalue weighted by Crippen LogP contribution is -2.48. The Kier molecular flexibility index (Phi) is 9.92. The van der Waals surface area contributed by atoms with Crippen LogP contribution >= 0.6 is 11.6 Å². The Hall–Kier alpha value is -2.58. The fourth-order valence-electron chi connectivity index (χ4n) is 2.29. The van der Waals surface area contributed by atoms with E-state index >= 15 is 0 Å². The van der Waals surface area contributed by atoms with E-state index < -0.39 is 11.9 Å². The van der Waals surface area contributed by atoms with E-state index in [0.29, 0.717) is 18.8 Å². The number of halogens is 1. The second kappa shape index (κ2) is 11.9. The molecule has 1 aromatic rings. The number of carboxylic acids is 2. The van der Waals surface area contributed by atoms with Crippen LogP contribution in [-0.2, 0) is 20.9 Å². The molecule has 2 rings (SSSR count). The summed E-state index contributed by atoms with van der Waals surface area (Å²) in [6.45, 7) is 6.37. The molecule has 148 valence electrons. The van der Waals surface area contributed by atoms with Crippen molar-refractivity contribution in [2.75, 3.05) is 32.8 Å². The number of nitrogens with zero attached hydrogens (tertiary/aromatic N) is 2. The zero-order valence-electron chi connectivity index (χ0n) is 15.0. The lowest BCUT2D eigenvalue weighted by molar-refractivity contribution is -0.134. The first kappa shape index (κ1) is 22.5. The molecule has 1 aromatic carbocycles. The number of ether oxygens (including phenoxy) is 1. The van der Waals surface area contributed by atoms with Gasteiger partial charge in [-0.1, -0.05) is 23.7 Å². The Bertz CT molecular complexity index is 638. The average Bonchev–Trinajstić information content (AvgIpc) is 2.63. The van der Waals surface area contributed by atoms with Crippen LogP contribution in [0, 0.1) is 0 Å². The van der Waals surface area contributed by atoms with E-state index in [1.54, 1.807) is 4.90 Å². The van der Waals surface area contributed by atoms with Crippen LogP contribution in [0.15, 0.2) is 36.4 Å². The molecule has 0 atom stereocenters. The van der Waals surface area contributed by atoms with Gasteiger partial charge in [0.05, 0.1) is 6.61 Å². The highest BCUT2D eigenvalue weighted by Gasteiger charge is 2.21. The normalized spacial score (nSPS) is 14.4. The molecular formula is C18H23ClN2O6. The van der Waals surface area contributed by atoms with Crippen LogP contribution in [0.1, 0.15) is 12.5 Å². The maximum absolute atomic E-state index is 11.6. The van der Waals surface area contributed by atoms with Crippen LogP contribution in [-0.4, -0.2) is 70.8 Å². The summed E-state index contributed by atoms with van der Waals surface area (Å²) in [4.78, 5) is 34.8. The number of rotatable bonds is 5. The fourth-order valence-corrected chi connectivity index (χ4v) is 2.42. The van der Waals surface area contributed by atoms with E-state index in [1.807, 2.05) is 31.2 Å². The van der Waals surface area contributed by atoms with Crippen LogP contribution in [0.3, 0.4) is 0 Å². The molecule has 1 saturated heterocycles. The molecule has 1 amide bonds. The summed E-state index contributed by atoms with van der Waals surface area (Å²) >= 11 is 5.87. The Morgan fingerprint density at radius 3 is 2.00 bits per heavy atom. The smallest absolute Gasteiger partial charge is 0.409 e. The molecule has 1 fully saturated rings. The van der Waals surface area contributed by atoms with Crippen LogP contribution in [0.5, 0.6) is 0 Å². The van der Waals surface area contributed by atoms with Crippen molar-refractivity contribution < 1.29 is 29.3 Å². The maximum atomic E-state index is 11.6. The van der Waals surface area contributed by atoms with Crippen LogP contribution in [0.2, 0.25) is 5.02 Å². The summed E-state index contributed by atoms with van der Waals surface area (Å²) in [5.41, 5.74) is 1.24. The topological polar surface area (TPSA) is 107 Å². The molecule has 0 unspecified atom stereocenters. The minimum atomic E-state index is -1.26. The fraction of sp³-hybridized carbons (Fsp3) is 0.389. The number of carbonyl (C=O) groups is 3. The Labute approximate surface area is 162 Å². The molecule has 2 N–H and O–H groups in total. The number of benzene rings is 1. The van der Waals surface area contributed by atoms with Gasteiger partial charge in [0.25, 0.3) is 0 Å². The molecule has 0 radical (unpaired) electrons. The Morgan fingerprint density at radius 2 is 1.56 bits per heavy atom. The van der Waals surface area contributed by atoms with E-state index in [-0.39, 0.29) is 6.09 Å². The van der Waals surface area contributed by atoms with Gasteiger partial charge in [0.1, 0.15) is 0 Å². The molecule has 1 aliphatic rings. The van der Waals surface area contributed by atoms with Gasteiger partial charge in [-0.05, 0) is 24.6 Å². The number of hydrogen-bond acceptors (Lipinski definition) is 5. The zero-order chi connectivity index (χ0) is 20.2. The van der Waals surface area contributed by atoms with E-state index in [0.717, 1.165) is 37.7 Å². The molecule has 1 heterocycles. The molecule has 1 aliphatic heterocycles. The molecular weight excluding hydrogens is 376 g/mol. The minimum Gasteiger partial charge on any atom is -0.478 e. The van der Waals surface area contributed by atoms with E-state index in [2.05, 4.69) is 4.90 Å². The minimum absolute atomic E-state index is 0.200. The number of aliphatic carboxylic acids is 2. The number of carboxylic acid groups (broad SMARTS) is 2. The summed E-state index contributed by atoms with van der Waals surface area (Å²) in [5.74, 6) is -2.51. The van der Waals surface area contributed by atoms with Crippen LogP contribution in [0.4, 0.5) is 4.79 Å². The van der Waals surface area contributed by atoms with Gasteiger partial charge in [0.2, 0.25) is 0 Å². The Morgan fingerprint density at radius 1 is 1.04 bits per heavy atom. The second-order valence-electron chi connectivity index (χ2n) is 5.60. The van der Waals surface area contributed by atoms with Gasteiger partial charge in [-0.25, -0.2) is 14.4 Å². The van der Waals surface area contributed by atoms with E-state index in [9.17, 15) is 14.4 Å². The average molecular weight is 399 g/mol. The van der Waals surface area contributed by atoms with Gasteiger partial charge < -0.3 is 19.8 Å². The lowest BCUT2D eigenvalue weighted by atomic mass is 10.2. The van der Waals surface area contributed by atoms with Crippen molar-refractivity contribution >= 4 is 29.6 Å². The molecule has 9 heteroatoms. The lowest BCUT2D eigenvalue weighted by Gasteiger charge is -2.34. The third-order valence-electron chi connectivity index (χ3n) is 3.59. The third-order valence-corrected chi connectivity index (χ3v) is 3.84. The molecule has 0 spiro atoms. The molecule has 0 bridgehead atoms. The molecule has 0 saturated carbocycles. The number of hydrogen-bond donors (Lipinski definition) is 2. The van der Waals surface area contributed by atoms with E-state index in [1.165, 1.54) is 5.56 Å². The summed E-state index contributed by atoms with van der Waals surface area (Å²) in [5, 5.41) is 16.4. The van der Waals surface area contributed by atoms with Crippen molar-refractivity contribution in [1.29, 1.82) is 0 Å². The highest BCUT2D eigenvalue weighted by molar-refractivity contribution is 6.30. The van der Waals surface area contributed by atoms with Crippen molar-refractivity contribution in [2.24, 2.45) is 0 Å². The first-order chi connectivity index (χ1) is 12.8. The number of carbonyl (C=O) groups excluding carboxylic acids is 1. The molecule has 8 nitrogen and oxygen atoms in total. The van der Waals surface area contributed by atoms with Crippen LogP contribution < -0.4 is 0 Å². The maximum Gasteiger partial charge on any atom is 0.409 e. The quantitative estimate of drug-likeness (QED) is 0.733. The zero-order valence-corrected chi connectivity index (χ0v) is 15.8. The van der Waals surface area contributed by atoms with Crippen molar-refractivity contribution in [3.8, 4) is 0 Å². The number of amides is 1.